The molecule has 0 radical (unpaired) electrons. The van der Waals surface area contributed by atoms with Crippen LogP contribution in [0.1, 0.15) is 42.9 Å². The SMILES string of the molecule is Cc1ccc2c3c1OC1C(=O)CCC4(C)C5NCC5(C2)CC314. The molecule has 22 heavy (non-hydrogen) atoms. The van der Waals surface area contributed by atoms with Gasteiger partial charge in [0.1, 0.15) is 5.75 Å². The van der Waals surface area contributed by atoms with Crippen molar-refractivity contribution in [1.82, 2.24) is 5.32 Å². The highest BCUT2D eigenvalue weighted by Gasteiger charge is 2.79. The largest absolute Gasteiger partial charge is 0.481 e. The molecule has 2 aliphatic heterocycles. The summed E-state index contributed by atoms with van der Waals surface area (Å²) in [5.74, 6) is 1.37. The summed E-state index contributed by atoms with van der Waals surface area (Å²) in [6.45, 7) is 5.66. The molecule has 0 amide bonds. The molecule has 2 heterocycles. The summed E-state index contributed by atoms with van der Waals surface area (Å²) in [5, 5.41) is 3.75. The first kappa shape index (κ1) is 12.1. The summed E-state index contributed by atoms with van der Waals surface area (Å²) < 4.78 is 6.38. The van der Waals surface area contributed by atoms with Crippen molar-refractivity contribution in [2.45, 2.75) is 57.1 Å². The van der Waals surface area contributed by atoms with Crippen molar-refractivity contribution < 1.29 is 9.53 Å². The zero-order chi connectivity index (χ0) is 14.9. The zero-order valence-electron chi connectivity index (χ0n) is 13.2. The van der Waals surface area contributed by atoms with Gasteiger partial charge in [-0.2, -0.15) is 0 Å². The average Bonchev–Trinajstić information content (AvgIpc) is 2.89. The fourth-order valence-electron chi connectivity index (χ4n) is 7.03. The van der Waals surface area contributed by atoms with E-state index in [0.29, 0.717) is 23.7 Å². The van der Waals surface area contributed by atoms with Gasteiger partial charge < -0.3 is 10.1 Å². The van der Waals surface area contributed by atoms with Crippen molar-refractivity contribution in [2.24, 2.45) is 10.8 Å². The lowest BCUT2D eigenvalue weighted by Gasteiger charge is -2.52. The van der Waals surface area contributed by atoms with Gasteiger partial charge in [0.15, 0.2) is 11.9 Å². The van der Waals surface area contributed by atoms with Gasteiger partial charge in [0.05, 0.1) is 5.41 Å². The first-order valence-electron chi connectivity index (χ1n) is 8.58. The van der Waals surface area contributed by atoms with Crippen LogP contribution in [0.4, 0.5) is 0 Å². The van der Waals surface area contributed by atoms with E-state index in [1.807, 2.05) is 0 Å². The predicted molar refractivity (Wildman–Crippen MR) is 82.2 cm³/mol. The number of hydrogen-bond donors (Lipinski definition) is 1. The molecule has 1 saturated heterocycles. The molecule has 6 rings (SSSR count). The monoisotopic (exact) mass is 295 g/mol. The maximum Gasteiger partial charge on any atom is 0.174 e. The first-order chi connectivity index (χ1) is 10.5. The molecule has 2 saturated carbocycles. The van der Waals surface area contributed by atoms with E-state index in [0.717, 1.165) is 31.6 Å². The summed E-state index contributed by atoms with van der Waals surface area (Å²) in [7, 11) is 0. The first-order valence-corrected chi connectivity index (χ1v) is 8.58. The fraction of sp³-hybridized carbons (Fsp3) is 0.632. The molecule has 5 atom stereocenters. The highest BCUT2D eigenvalue weighted by atomic mass is 16.5. The van der Waals surface area contributed by atoms with Gasteiger partial charge in [0.25, 0.3) is 0 Å². The van der Waals surface area contributed by atoms with Crippen LogP contribution in [0, 0.1) is 17.8 Å². The Labute approximate surface area is 130 Å². The molecule has 5 unspecified atom stereocenters. The van der Waals surface area contributed by atoms with E-state index < -0.39 is 0 Å². The third-order valence-corrected chi connectivity index (χ3v) is 7.85. The van der Waals surface area contributed by atoms with Gasteiger partial charge in [-0.1, -0.05) is 19.1 Å². The maximum atomic E-state index is 12.7. The molecule has 0 aromatic heterocycles. The van der Waals surface area contributed by atoms with E-state index in [1.165, 1.54) is 16.7 Å². The van der Waals surface area contributed by atoms with Crippen LogP contribution in [-0.2, 0) is 16.6 Å². The summed E-state index contributed by atoms with van der Waals surface area (Å²) in [6.07, 6.45) is 3.77. The van der Waals surface area contributed by atoms with Gasteiger partial charge in [-0.25, -0.2) is 0 Å². The number of nitrogens with one attached hydrogen (secondary N) is 1. The lowest BCUT2D eigenvalue weighted by molar-refractivity contribution is -0.136. The van der Waals surface area contributed by atoms with E-state index in [4.69, 9.17) is 4.74 Å². The van der Waals surface area contributed by atoms with E-state index >= 15 is 0 Å². The maximum absolute atomic E-state index is 12.7. The standard InChI is InChI=1S/C19H21NO2/c1-10-3-4-11-7-18-8-19-13(11)14(10)22-15(19)12(21)5-6-17(19,2)16(18)20-9-18/h3-4,15-16,20H,5-9H2,1-2H3. The smallest absolute Gasteiger partial charge is 0.174 e. The molecule has 114 valence electrons. The lowest BCUT2D eigenvalue weighted by Crippen LogP contribution is -2.66. The molecule has 1 aromatic rings. The lowest BCUT2D eigenvalue weighted by atomic mass is 9.53. The van der Waals surface area contributed by atoms with Gasteiger partial charge in [-0.15, -0.1) is 0 Å². The Morgan fingerprint density at radius 1 is 1.36 bits per heavy atom. The Kier molecular flexibility index (Phi) is 1.73. The number of ether oxygens (including phenoxy) is 1. The highest BCUT2D eigenvalue weighted by molar-refractivity contribution is 5.89. The molecule has 1 N–H and O–H groups in total. The number of carbonyl (C=O) groups is 1. The number of benzene rings is 1. The van der Waals surface area contributed by atoms with Gasteiger partial charge in [-0.3, -0.25) is 4.79 Å². The predicted octanol–water partition coefficient (Wildman–Crippen LogP) is 2.28. The summed E-state index contributed by atoms with van der Waals surface area (Å²) in [6, 6.07) is 5.05. The Morgan fingerprint density at radius 2 is 2.23 bits per heavy atom. The fourth-order valence-corrected chi connectivity index (χ4v) is 7.03. The number of Topliss-reactive ketones (excluding diaryl/α,β-unsaturated/α-hetero) is 1. The average molecular weight is 295 g/mol. The summed E-state index contributed by atoms with van der Waals surface area (Å²) in [4.78, 5) is 12.7. The number of fused-ring (bicyclic) bond motifs is 1. The number of ketones is 1. The van der Waals surface area contributed by atoms with Crippen LogP contribution in [0.2, 0.25) is 0 Å². The molecular weight excluding hydrogens is 274 g/mol. The second kappa shape index (κ2) is 3.14. The number of carbonyl (C=O) groups excluding carboxylic acids is 1. The van der Waals surface area contributed by atoms with E-state index in [9.17, 15) is 4.79 Å². The Bertz CT molecular complexity index is 771. The van der Waals surface area contributed by atoms with E-state index in [-0.39, 0.29) is 16.9 Å². The zero-order valence-corrected chi connectivity index (χ0v) is 13.2. The van der Waals surface area contributed by atoms with Crippen molar-refractivity contribution in [3.05, 3.63) is 28.8 Å². The minimum Gasteiger partial charge on any atom is -0.481 e. The van der Waals surface area contributed by atoms with Crippen LogP contribution < -0.4 is 10.1 Å². The second-order valence-corrected chi connectivity index (χ2v) is 8.63. The molecule has 3 aliphatic carbocycles. The number of rotatable bonds is 0. The minimum absolute atomic E-state index is 0.0641. The third kappa shape index (κ3) is 0.916. The van der Waals surface area contributed by atoms with E-state index in [2.05, 4.69) is 31.3 Å². The molecular formula is C19H21NO2. The van der Waals surface area contributed by atoms with Crippen LogP contribution >= 0.6 is 0 Å². The molecule has 2 spiro atoms. The van der Waals surface area contributed by atoms with Gasteiger partial charge in [-0.05, 0) is 42.7 Å². The minimum atomic E-state index is -0.231. The van der Waals surface area contributed by atoms with Crippen molar-refractivity contribution in [3.8, 4) is 5.75 Å². The van der Waals surface area contributed by atoms with Crippen LogP contribution in [0.5, 0.6) is 5.75 Å². The molecule has 2 bridgehead atoms. The van der Waals surface area contributed by atoms with Crippen LogP contribution in [0.15, 0.2) is 12.1 Å². The van der Waals surface area contributed by atoms with Gasteiger partial charge >= 0.3 is 0 Å². The molecule has 1 aromatic carbocycles. The Balaban J connectivity index is 1.76. The number of aryl methyl sites for hydroxylation is 1. The summed E-state index contributed by atoms with van der Waals surface area (Å²) >= 11 is 0. The molecule has 5 aliphatic rings. The third-order valence-electron chi connectivity index (χ3n) is 7.85. The Hall–Kier alpha value is -1.35. The number of hydrogen-bond acceptors (Lipinski definition) is 3. The molecule has 3 heteroatoms. The van der Waals surface area contributed by atoms with Crippen LogP contribution in [0.25, 0.3) is 0 Å². The van der Waals surface area contributed by atoms with Crippen molar-refractivity contribution in [1.29, 1.82) is 0 Å². The highest BCUT2D eigenvalue weighted by Crippen LogP contribution is 2.75. The summed E-state index contributed by atoms with van der Waals surface area (Å²) in [5.41, 5.74) is 4.53. The van der Waals surface area contributed by atoms with Gasteiger partial charge in [0, 0.05) is 30.0 Å². The van der Waals surface area contributed by atoms with Gasteiger partial charge in [0.2, 0.25) is 0 Å². The van der Waals surface area contributed by atoms with E-state index in [1.54, 1.807) is 0 Å². The van der Waals surface area contributed by atoms with Crippen molar-refractivity contribution >= 4 is 5.78 Å². The normalized spacial score (nSPS) is 49.3. The molecule has 3 nitrogen and oxygen atoms in total. The van der Waals surface area contributed by atoms with Crippen LogP contribution in [-0.4, -0.2) is 24.5 Å². The molecule has 3 fully saturated rings. The van der Waals surface area contributed by atoms with Crippen molar-refractivity contribution in [2.75, 3.05) is 6.54 Å². The van der Waals surface area contributed by atoms with Crippen molar-refractivity contribution in [3.63, 3.8) is 0 Å². The Morgan fingerprint density at radius 3 is 3.00 bits per heavy atom. The second-order valence-electron chi connectivity index (χ2n) is 8.63. The topological polar surface area (TPSA) is 38.3 Å². The quantitative estimate of drug-likeness (QED) is 0.798. The van der Waals surface area contributed by atoms with Crippen LogP contribution in [0.3, 0.4) is 0 Å².